The number of aryl methyl sites for hydroxylation is 1. The highest BCUT2D eigenvalue weighted by molar-refractivity contribution is 8.01. The number of rotatable bonds is 7. The molecule has 8 nitrogen and oxygen atoms in total. The Morgan fingerprint density at radius 2 is 1.70 bits per heavy atom. The Morgan fingerprint density at radius 3 is 2.39 bits per heavy atom. The Morgan fingerprint density at radius 1 is 1.00 bits per heavy atom. The van der Waals surface area contributed by atoms with Crippen molar-refractivity contribution in [1.82, 2.24) is 9.80 Å². The summed E-state index contributed by atoms with van der Waals surface area (Å²) < 4.78 is 6.67. The van der Waals surface area contributed by atoms with Gasteiger partial charge in [0.15, 0.2) is 0 Å². The number of hydrogen-bond donors (Lipinski definition) is 3. The second-order valence-electron chi connectivity index (χ2n) is 12.0. The van der Waals surface area contributed by atoms with Crippen molar-refractivity contribution in [3.8, 4) is 5.75 Å². The third-order valence-electron chi connectivity index (χ3n) is 9.28. The minimum Gasteiger partial charge on any atom is -0.532 e. The van der Waals surface area contributed by atoms with Gasteiger partial charge in [0.25, 0.3) is 5.91 Å². The molecule has 2 aromatic carbocycles. The van der Waals surface area contributed by atoms with Crippen LogP contribution in [0.2, 0.25) is 0 Å². The van der Waals surface area contributed by atoms with E-state index in [1.165, 1.54) is 21.8 Å². The average Bonchev–Trinajstić information content (AvgIpc) is 3.50. The number of thiophene rings is 1. The first-order chi connectivity index (χ1) is 21.1. The normalized spacial score (nSPS) is 21.5. The van der Waals surface area contributed by atoms with Gasteiger partial charge in [0.05, 0.1) is 9.58 Å². The first kappa shape index (κ1) is 31.0. The highest BCUT2D eigenvalue weighted by Gasteiger charge is 2.43. The second kappa shape index (κ2) is 12.4. The van der Waals surface area contributed by atoms with Crippen LogP contribution in [-0.2, 0) is 4.79 Å². The molecule has 3 aliphatic heterocycles. The third kappa shape index (κ3) is 5.86. The number of amides is 2. The molecule has 3 aromatic rings. The van der Waals surface area contributed by atoms with Crippen LogP contribution in [0.25, 0.3) is 10.1 Å². The summed E-state index contributed by atoms with van der Waals surface area (Å²) in [6, 6.07) is 14.0. The maximum absolute atomic E-state index is 13.4. The smallest absolute Gasteiger partial charge is 0.532 e. The zero-order valence-corrected chi connectivity index (χ0v) is 26.8. The topological polar surface area (TPSA) is 111 Å². The highest BCUT2D eigenvalue weighted by Crippen LogP contribution is 2.54. The summed E-state index contributed by atoms with van der Waals surface area (Å²) in [5.74, 6) is 0.795. The van der Waals surface area contributed by atoms with E-state index in [1.807, 2.05) is 36.1 Å². The summed E-state index contributed by atoms with van der Waals surface area (Å²) in [6.07, 6.45) is 4.97. The van der Waals surface area contributed by atoms with Gasteiger partial charge < -0.3 is 29.5 Å². The summed E-state index contributed by atoms with van der Waals surface area (Å²) in [6.45, 7) is 7.97. The molecule has 0 saturated carbocycles. The Hall–Kier alpha value is -3.02. The minimum atomic E-state index is -1.49. The van der Waals surface area contributed by atoms with Crippen LogP contribution in [0, 0.1) is 6.92 Å². The van der Waals surface area contributed by atoms with Crippen LogP contribution in [0.4, 0.5) is 0 Å². The highest BCUT2D eigenvalue weighted by atomic mass is 32.2. The van der Waals surface area contributed by atoms with Crippen molar-refractivity contribution >= 4 is 59.2 Å². The van der Waals surface area contributed by atoms with Gasteiger partial charge in [0.1, 0.15) is 5.75 Å². The van der Waals surface area contributed by atoms with E-state index in [-0.39, 0.29) is 22.5 Å². The van der Waals surface area contributed by atoms with E-state index in [2.05, 4.69) is 32.0 Å². The summed E-state index contributed by atoms with van der Waals surface area (Å²) >= 11 is 3.13. The molecule has 12 heteroatoms. The average molecular weight is 630 g/mol. The van der Waals surface area contributed by atoms with E-state index in [0.29, 0.717) is 61.5 Å². The van der Waals surface area contributed by atoms with Crippen molar-refractivity contribution in [2.24, 2.45) is 0 Å². The Bertz CT molecular complexity index is 1670. The molecule has 0 aliphatic carbocycles. The lowest BCUT2D eigenvalue weighted by Gasteiger charge is -2.33. The van der Waals surface area contributed by atoms with Gasteiger partial charge in [0.2, 0.25) is 5.91 Å². The van der Waals surface area contributed by atoms with Crippen LogP contribution in [0.1, 0.15) is 59.8 Å². The quantitative estimate of drug-likeness (QED) is 0.327. The van der Waals surface area contributed by atoms with E-state index in [9.17, 15) is 24.7 Å². The zero-order chi connectivity index (χ0) is 31.2. The lowest BCUT2D eigenvalue weighted by atomic mass is 9.75. The van der Waals surface area contributed by atoms with Gasteiger partial charge in [-0.05, 0) is 72.2 Å². The Kier molecular flexibility index (Phi) is 8.73. The summed E-state index contributed by atoms with van der Waals surface area (Å²) in [5.41, 5.74) is 3.42. The van der Waals surface area contributed by atoms with Gasteiger partial charge in [-0.3, -0.25) is 9.59 Å². The SMILES string of the molecule is Cc1c(C(=O)N2CC=C(B(O)O)CC2)sc2c(OB(O)C3=CCN(C(=O)CC4(C)Sc5ccccc5C4C)CC3)cccc12. The fraction of sp³-hybridized carbons (Fsp3) is 0.375. The number of hydrogen-bond acceptors (Lipinski definition) is 8. The molecular weight excluding hydrogens is 594 g/mol. The number of thioether (sulfide) groups is 1. The largest absolute Gasteiger partial charge is 0.555 e. The van der Waals surface area contributed by atoms with Crippen molar-refractivity contribution in [1.29, 1.82) is 0 Å². The molecule has 3 N–H and O–H groups in total. The van der Waals surface area contributed by atoms with Crippen LogP contribution in [0.3, 0.4) is 0 Å². The van der Waals surface area contributed by atoms with E-state index in [0.717, 1.165) is 21.1 Å². The molecule has 2 amide bonds. The first-order valence-electron chi connectivity index (χ1n) is 15.0. The fourth-order valence-corrected chi connectivity index (χ4v) is 9.04. The zero-order valence-electron chi connectivity index (χ0n) is 25.2. The molecule has 44 heavy (non-hydrogen) atoms. The molecule has 3 aliphatic rings. The number of carbonyl (C=O) groups excluding carboxylic acids is 2. The fourth-order valence-electron chi connectivity index (χ4n) is 6.29. The standard InChI is InChI=1S/C32H36B2N2O6S2/c1-20-24-8-6-9-26(30(24)43-29(20)31(38)36-17-11-22(12-18-36)33(39)40)42-34(41)23-13-15-35(16-14-23)28(37)19-32(3)21(2)25-7-4-5-10-27(25)44-32/h4-11,13,21,39-41H,12,14-19H2,1-3H3. The molecule has 6 rings (SSSR count). The minimum absolute atomic E-state index is 0.110. The Labute approximate surface area is 266 Å². The van der Waals surface area contributed by atoms with Crippen molar-refractivity contribution in [2.45, 2.75) is 55.6 Å². The van der Waals surface area contributed by atoms with Crippen LogP contribution in [0.15, 0.2) is 70.5 Å². The van der Waals surface area contributed by atoms with Crippen molar-refractivity contribution in [3.05, 3.63) is 81.6 Å². The molecule has 228 valence electrons. The number of carbonyl (C=O) groups is 2. The number of fused-ring (bicyclic) bond motifs is 2. The van der Waals surface area contributed by atoms with Crippen LogP contribution in [-0.4, -0.2) is 81.8 Å². The molecule has 1 aromatic heterocycles. The molecule has 0 spiro atoms. The summed E-state index contributed by atoms with van der Waals surface area (Å²) in [7, 11) is -2.65. The van der Waals surface area contributed by atoms with E-state index >= 15 is 0 Å². The van der Waals surface area contributed by atoms with Gasteiger partial charge in [-0.25, -0.2) is 0 Å². The molecular formula is C32H36B2N2O6S2. The number of benzene rings is 2. The predicted octanol–water partition coefficient (Wildman–Crippen LogP) is 4.61. The van der Waals surface area contributed by atoms with E-state index < -0.39 is 14.2 Å². The molecule has 0 radical (unpaired) electrons. The Balaban J connectivity index is 1.11. The number of nitrogens with zero attached hydrogens (tertiary/aromatic N) is 2. The van der Waals surface area contributed by atoms with Crippen molar-refractivity contribution in [3.63, 3.8) is 0 Å². The van der Waals surface area contributed by atoms with Gasteiger partial charge in [0, 0.05) is 42.2 Å². The maximum Gasteiger partial charge on any atom is 0.555 e. The lowest BCUT2D eigenvalue weighted by Crippen LogP contribution is -2.41. The van der Waals surface area contributed by atoms with Crippen LogP contribution < -0.4 is 4.65 Å². The maximum atomic E-state index is 13.4. The monoisotopic (exact) mass is 630 g/mol. The van der Waals surface area contributed by atoms with Crippen LogP contribution >= 0.6 is 23.1 Å². The molecule has 2 unspecified atom stereocenters. The molecule has 2 atom stereocenters. The second-order valence-corrected chi connectivity index (χ2v) is 14.6. The third-order valence-corrected chi connectivity index (χ3v) is 12.2. The van der Waals surface area contributed by atoms with Gasteiger partial charge in [-0.15, -0.1) is 23.1 Å². The van der Waals surface area contributed by atoms with E-state index in [4.69, 9.17) is 4.65 Å². The van der Waals surface area contributed by atoms with Crippen molar-refractivity contribution < 1.29 is 29.3 Å². The molecule has 0 bridgehead atoms. The summed E-state index contributed by atoms with van der Waals surface area (Å²) in [5, 5.41) is 30.8. The predicted molar refractivity (Wildman–Crippen MR) is 177 cm³/mol. The van der Waals surface area contributed by atoms with Gasteiger partial charge in [-0.1, -0.05) is 49.4 Å². The first-order valence-corrected chi connectivity index (χ1v) is 16.6. The van der Waals surface area contributed by atoms with Gasteiger partial charge >= 0.3 is 14.2 Å². The van der Waals surface area contributed by atoms with Crippen molar-refractivity contribution in [2.75, 3.05) is 26.2 Å². The lowest BCUT2D eigenvalue weighted by molar-refractivity contribution is -0.131. The molecule has 0 saturated heterocycles. The summed E-state index contributed by atoms with van der Waals surface area (Å²) in [4.78, 5) is 32.2. The molecule has 4 heterocycles. The van der Waals surface area contributed by atoms with Gasteiger partial charge in [-0.2, -0.15) is 0 Å². The van der Waals surface area contributed by atoms with Crippen LogP contribution in [0.5, 0.6) is 5.75 Å². The van der Waals surface area contributed by atoms with E-state index in [1.54, 1.807) is 28.8 Å². The molecule has 0 fully saturated rings.